The van der Waals surface area contributed by atoms with Gasteiger partial charge in [-0.15, -0.1) is 0 Å². The minimum Gasteiger partial charge on any atom is -0.364 e. The number of hydrogen-bond donors (Lipinski definition) is 2. The Labute approximate surface area is 96.8 Å². The van der Waals surface area contributed by atoms with Gasteiger partial charge in [0.1, 0.15) is 5.56 Å². The van der Waals surface area contributed by atoms with Gasteiger partial charge in [-0.2, -0.15) is 0 Å². The lowest BCUT2D eigenvalue weighted by Crippen LogP contribution is -2.22. The fourth-order valence-electron chi connectivity index (χ4n) is 1.30. The number of aryl methyl sites for hydroxylation is 1. The van der Waals surface area contributed by atoms with Crippen molar-refractivity contribution < 1.29 is 4.79 Å². The molecule has 17 heavy (non-hydrogen) atoms. The molecule has 0 aliphatic heterocycles. The molecule has 0 fully saturated rings. The van der Waals surface area contributed by atoms with E-state index in [0.717, 1.165) is 0 Å². The summed E-state index contributed by atoms with van der Waals surface area (Å²) in [6.45, 7) is 1.74. The summed E-state index contributed by atoms with van der Waals surface area (Å²) < 4.78 is 0. The number of carbonyl (C=O) groups excluding carboxylic acids is 1. The third-order valence-corrected chi connectivity index (χ3v) is 2.11. The van der Waals surface area contributed by atoms with Crippen LogP contribution in [0.15, 0.2) is 35.6 Å². The van der Waals surface area contributed by atoms with E-state index in [1.165, 1.54) is 30.9 Å². The van der Waals surface area contributed by atoms with Crippen LogP contribution >= 0.6 is 0 Å². The summed E-state index contributed by atoms with van der Waals surface area (Å²) in [6, 6.07) is 1.37. The molecule has 0 aliphatic rings. The summed E-state index contributed by atoms with van der Waals surface area (Å²) >= 11 is 0. The fraction of sp³-hybridized carbons (Fsp3) is 0.0909. The number of anilines is 1. The molecule has 6 nitrogen and oxygen atoms in total. The summed E-state index contributed by atoms with van der Waals surface area (Å²) in [4.78, 5) is 33.8. The Kier molecular flexibility index (Phi) is 2.95. The molecule has 2 N–H and O–H groups in total. The van der Waals surface area contributed by atoms with Crippen molar-refractivity contribution in [1.82, 2.24) is 15.0 Å². The summed E-state index contributed by atoms with van der Waals surface area (Å²) in [5, 5.41) is 2.49. The second kappa shape index (κ2) is 4.56. The van der Waals surface area contributed by atoms with E-state index in [-0.39, 0.29) is 11.0 Å². The van der Waals surface area contributed by atoms with Gasteiger partial charge in [-0.05, 0) is 6.92 Å². The van der Waals surface area contributed by atoms with Gasteiger partial charge in [0.2, 0.25) is 0 Å². The number of hydrogen-bond acceptors (Lipinski definition) is 4. The molecule has 1 amide bonds. The highest BCUT2D eigenvalue weighted by Gasteiger charge is 2.10. The van der Waals surface area contributed by atoms with Crippen molar-refractivity contribution in [3.63, 3.8) is 0 Å². The lowest BCUT2D eigenvalue weighted by atomic mass is 10.2. The molecule has 2 aromatic heterocycles. The lowest BCUT2D eigenvalue weighted by Gasteiger charge is -2.03. The van der Waals surface area contributed by atoms with Crippen molar-refractivity contribution in [2.75, 3.05) is 5.32 Å². The second-order valence-corrected chi connectivity index (χ2v) is 3.44. The van der Waals surface area contributed by atoms with Crippen LogP contribution in [-0.2, 0) is 0 Å². The Morgan fingerprint density at radius 2 is 2.24 bits per heavy atom. The number of pyridine rings is 1. The number of aromatic amines is 1. The lowest BCUT2D eigenvalue weighted by molar-refractivity contribution is 0.102. The molecule has 0 atom stereocenters. The van der Waals surface area contributed by atoms with Crippen molar-refractivity contribution >= 4 is 11.7 Å². The highest BCUT2D eigenvalue weighted by molar-refractivity contribution is 6.03. The average Bonchev–Trinajstić information content (AvgIpc) is 2.30. The van der Waals surface area contributed by atoms with Crippen LogP contribution in [0.4, 0.5) is 5.82 Å². The predicted octanol–water partition coefficient (Wildman–Crippen LogP) is 0.726. The van der Waals surface area contributed by atoms with E-state index in [4.69, 9.17) is 0 Å². The maximum atomic E-state index is 11.7. The fourth-order valence-corrected chi connectivity index (χ4v) is 1.30. The van der Waals surface area contributed by atoms with Crippen LogP contribution < -0.4 is 10.7 Å². The monoisotopic (exact) mass is 230 g/mol. The van der Waals surface area contributed by atoms with Gasteiger partial charge in [0.15, 0.2) is 11.2 Å². The molecule has 0 bridgehead atoms. The summed E-state index contributed by atoms with van der Waals surface area (Å²) in [7, 11) is 0. The quantitative estimate of drug-likeness (QED) is 0.795. The maximum Gasteiger partial charge on any atom is 0.262 e. The summed E-state index contributed by atoms with van der Waals surface area (Å²) in [5.41, 5.74) is 0.412. The third-order valence-electron chi connectivity index (χ3n) is 2.11. The molecule has 0 saturated carbocycles. The van der Waals surface area contributed by atoms with Crippen molar-refractivity contribution in [3.05, 3.63) is 52.3 Å². The van der Waals surface area contributed by atoms with Gasteiger partial charge in [0.05, 0.1) is 6.20 Å². The van der Waals surface area contributed by atoms with E-state index in [2.05, 4.69) is 20.3 Å². The predicted molar refractivity (Wildman–Crippen MR) is 61.8 cm³/mol. The largest absolute Gasteiger partial charge is 0.364 e. The van der Waals surface area contributed by atoms with Crippen LogP contribution in [0.2, 0.25) is 0 Å². The minimum absolute atomic E-state index is 0.0428. The smallest absolute Gasteiger partial charge is 0.262 e. The van der Waals surface area contributed by atoms with Crippen LogP contribution in [0.1, 0.15) is 16.1 Å². The van der Waals surface area contributed by atoms with Crippen LogP contribution in [0, 0.1) is 6.92 Å². The van der Waals surface area contributed by atoms with Gasteiger partial charge >= 0.3 is 0 Å². The molecule has 0 radical (unpaired) electrons. The first-order chi connectivity index (χ1) is 8.16. The molecule has 0 spiro atoms. The zero-order chi connectivity index (χ0) is 12.3. The molecule has 0 aliphatic carbocycles. The molecular formula is C11H10N4O2. The van der Waals surface area contributed by atoms with E-state index in [9.17, 15) is 9.59 Å². The SMILES string of the molecule is Cc1cc(=O)c(C(=O)Nc2cnccn2)c[nH]1. The molecule has 0 aromatic carbocycles. The minimum atomic E-state index is -0.508. The number of amides is 1. The van der Waals surface area contributed by atoms with Crippen molar-refractivity contribution in [1.29, 1.82) is 0 Å². The van der Waals surface area contributed by atoms with Crippen LogP contribution in [0.3, 0.4) is 0 Å². The molecule has 2 rings (SSSR count). The van der Waals surface area contributed by atoms with E-state index < -0.39 is 5.91 Å². The number of carbonyl (C=O) groups is 1. The Morgan fingerprint density at radius 3 is 2.88 bits per heavy atom. The van der Waals surface area contributed by atoms with E-state index in [1.54, 1.807) is 6.92 Å². The van der Waals surface area contributed by atoms with Gasteiger partial charge in [-0.25, -0.2) is 4.98 Å². The molecule has 0 saturated heterocycles. The first-order valence-corrected chi connectivity index (χ1v) is 4.93. The number of nitrogens with one attached hydrogen (secondary N) is 2. The van der Waals surface area contributed by atoms with Gasteiger partial charge in [0.25, 0.3) is 5.91 Å². The number of rotatable bonds is 2. The molecule has 6 heteroatoms. The molecular weight excluding hydrogens is 220 g/mol. The Hall–Kier alpha value is -2.50. The Balaban J connectivity index is 2.24. The van der Waals surface area contributed by atoms with Gasteiger partial charge in [-0.3, -0.25) is 14.6 Å². The van der Waals surface area contributed by atoms with Gasteiger partial charge in [0, 0.05) is 30.4 Å². The molecule has 0 unspecified atom stereocenters. The van der Waals surface area contributed by atoms with Crippen LogP contribution in [0.5, 0.6) is 0 Å². The van der Waals surface area contributed by atoms with Crippen molar-refractivity contribution in [3.8, 4) is 0 Å². The zero-order valence-electron chi connectivity index (χ0n) is 9.10. The molecule has 2 heterocycles. The van der Waals surface area contributed by atoms with Crippen LogP contribution in [-0.4, -0.2) is 20.9 Å². The van der Waals surface area contributed by atoms with Gasteiger partial charge < -0.3 is 10.3 Å². The van der Waals surface area contributed by atoms with Crippen molar-refractivity contribution in [2.45, 2.75) is 6.92 Å². The molecule has 2 aromatic rings. The van der Waals surface area contributed by atoms with Gasteiger partial charge in [-0.1, -0.05) is 0 Å². The highest BCUT2D eigenvalue weighted by atomic mass is 16.2. The standard InChI is InChI=1S/C11H10N4O2/c1-7-4-9(16)8(5-14-7)11(17)15-10-6-12-2-3-13-10/h2-6H,1H3,(H,14,16)(H,13,15,17). The third kappa shape index (κ3) is 2.54. The van der Waals surface area contributed by atoms with Crippen molar-refractivity contribution in [2.24, 2.45) is 0 Å². The number of aromatic nitrogens is 3. The first kappa shape index (κ1) is 11.0. The topological polar surface area (TPSA) is 87.7 Å². The first-order valence-electron chi connectivity index (χ1n) is 4.93. The van der Waals surface area contributed by atoms with E-state index in [0.29, 0.717) is 11.5 Å². The average molecular weight is 230 g/mol. The second-order valence-electron chi connectivity index (χ2n) is 3.44. The van der Waals surface area contributed by atoms with E-state index >= 15 is 0 Å². The Morgan fingerprint density at radius 1 is 1.41 bits per heavy atom. The normalized spacial score (nSPS) is 9.94. The van der Waals surface area contributed by atoms with E-state index in [1.807, 2.05) is 0 Å². The maximum absolute atomic E-state index is 11.7. The number of nitrogens with zero attached hydrogens (tertiary/aromatic N) is 2. The molecule has 86 valence electrons. The summed E-state index contributed by atoms with van der Waals surface area (Å²) in [5.74, 6) is -0.204. The zero-order valence-corrected chi connectivity index (χ0v) is 9.10. The summed E-state index contributed by atoms with van der Waals surface area (Å²) in [6.07, 6.45) is 5.73. The number of H-pyrrole nitrogens is 1. The Bertz CT molecular complexity index is 592. The highest BCUT2D eigenvalue weighted by Crippen LogP contribution is 2.00. The van der Waals surface area contributed by atoms with Crippen LogP contribution in [0.25, 0.3) is 0 Å².